The zero-order valence-corrected chi connectivity index (χ0v) is 17.0. The van der Waals surface area contributed by atoms with Crippen molar-refractivity contribution in [1.29, 1.82) is 0 Å². The molecule has 0 atom stereocenters. The number of para-hydroxylation sites is 1. The van der Waals surface area contributed by atoms with Gasteiger partial charge in [0.2, 0.25) is 5.91 Å². The van der Waals surface area contributed by atoms with Gasteiger partial charge >= 0.3 is 0 Å². The van der Waals surface area contributed by atoms with Crippen LogP contribution in [0.4, 0.5) is 0 Å². The molecule has 0 bridgehead atoms. The summed E-state index contributed by atoms with van der Waals surface area (Å²) >= 11 is 0. The van der Waals surface area contributed by atoms with E-state index in [4.69, 9.17) is 9.47 Å². The second-order valence-electron chi connectivity index (χ2n) is 6.86. The number of carbonyl (C=O) groups is 1. The molecule has 0 saturated carbocycles. The van der Waals surface area contributed by atoms with E-state index in [-0.39, 0.29) is 18.0 Å². The van der Waals surface area contributed by atoms with Crippen LogP contribution < -0.4 is 20.3 Å². The van der Waals surface area contributed by atoms with Crippen LogP contribution in [0.1, 0.15) is 11.4 Å². The molecular formula is C22H22N4O4. The SMILES string of the molecule is COc1ccccc1CNC(=O)Cn1nc(C)n2c(cc3c(OC)cccc32)c1=O. The summed E-state index contributed by atoms with van der Waals surface area (Å²) in [4.78, 5) is 25.5. The second-order valence-corrected chi connectivity index (χ2v) is 6.86. The van der Waals surface area contributed by atoms with Crippen LogP contribution in [0.15, 0.2) is 53.3 Å². The van der Waals surface area contributed by atoms with Crippen LogP contribution in [0.25, 0.3) is 16.4 Å². The Morgan fingerprint density at radius 2 is 1.77 bits per heavy atom. The summed E-state index contributed by atoms with van der Waals surface area (Å²) in [5, 5.41) is 7.98. The summed E-state index contributed by atoms with van der Waals surface area (Å²) in [5.74, 6) is 1.66. The first-order chi connectivity index (χ1) is 14.5. The maximum absolute atomic E-state index is 13.0. The highest BCUT2D eigenvalue weighted by Gasteiger charge is 2.16. The maximum atomic E-state index is 13.0. The summed E-state index contributed by atoms with van der Waals surface area (Å²) in [6.45, 7) is 1.92. The first-order valence-electron chi connectivity index (χ1n) is 9.48. The van der Waals surface area contributed by atoms with Crippen LogP contribution in [0.5, 0.6) is 11.5 Å². The van der Waals surface area contributed by atoms with E-state index >= 15 is 0 Å². The highest BCUT2D eigenvalue weighted by atomic mass is 16.5. The van der Waals surface area contributed by atoms with Crippen LogP contribution in [-0.4, -0.2) is 34.3 Å². The van der Waals surface area contributed by atoms with E-state index in [2.05, 4.69) is 10.4 Å². The number of aryl methyl sites for hydroxylation is 1. The number of methoxy groups -OCH3 is 2. The quantitative estimate of drug-likeness (QED) is 0.531. The molecule has 0 aliphatic rings. The number of rotatable bonds is 6. The smallest absolute Gasteiger partial charge is 0.291 e. The number of aromatic nitrogens is 3. The molecule has 0 radical (unpaired) electrons. The summed E-state index contributed by atoms with van der Waals surface area (Å²) in [6.07, 6.45) is 0. The molecule has 0 aliphatic heterocycles. The Bertz CT molecular complexity index is 1310. The van der Waals surface area contributed by atoms with Gasteiger partial charge in [-0.15, -0.1) is 0 Å². The van der Waals surface area contributed by atoms with Crippen molar-refractivity contribution in [3.05, 3.63) is 70.3 Å². The molecule has 154 valence electrons. The Hall–Kier alpha value is -3.81. The summed E-state index contributed by atoms with van der Waals surface area (Å²) in [5.41, 5.74) is 1.79. The van der Waals surface area contributed by atoms with Gasteiger partial charge in [-0.05, 0) is 31.2 Å². The lowest BCUT2D eigenvalue weighted by molar-refractivity contribution is -0.122. The number of carbonyl (C=O) groups excluding carboxylic acids is 1. The normalized spacial score (nSPS) is 11.0. The largest absolute Gasteiger partial charge is 0.496 e. The fourth-order valence-electron chi connectivity index (χ4n) is 3.63. The van der Waals surface area contributed by atoms with Crippen LogP contribution >= 0.6 is 0 Å². The fraction of sp³-hybridized carbons (Fsp3) is 0.227. The molecule has 0 saturated heterocycles. The predicted molar refractivity (Wildman–Crippen MR) is 113 cm³/mol. The zero-order valence-electron chi connectivity index (χ0n) is 17.0. The molecule has 2 aromatic heterocycles. The fourth-order valence-corrected chi connectivity index (χ4v) is 3.63. The predicted octanol–water partition coefficient (Wildman–Crippen LogP) is 2.29. The number of amides is 1. The molecule has 2 aromatic carbocycles. The maximum Gasteiger partial charge on any atom is 0.291 e. The van der Waals surface area contributed by atoms with E-state index in [1.807, 2.05) is 42.5 Å². The van der Waals surface area contributed by atoms with E-state index in [1.165, 1.54) is 4.68 Å². The molecule has 4 rings (SSSR count). The van der Waals surface area contributed by atoms with Gasteiger partial charge < -0.3 is 14.8 Å². The average Bonchev–Trinajstić information content (AvgIpc) is 3.16. The lowest BCUT2D eigenvalue weighted by Gasteiger charge is -2.11. The summed E-state index contributed by atoms with van der Waals surface area (Å²) in [6, 6.07) is 14.8. The zero-order chi connectivity index (χ0) is 21.3. The van der Waals surface area contributed by atoms with Gasteiger partial charge in [0, 0.05) is 17.5 Å². The topological polar surface area (TPSA) is 86.9 Å². The lowest BCUT2D eigenvalue weighted by atomic mass is 10.2. The number of nitrogens with one attached hydrogen (secondary N) is 1. The van der Waals surface area contributed by atoms with Gasteiger partial charge in [0.15, 0.2) is 0 Å². The van der Waals surface area contributed by atoms with Gasteiger partial charge in [0.1, 0.15) is 29.4 Å². The molecule has 0 fully saturated rings. The van der Waals surface area contributed by atoms with Crippen molar-refractivity contribution >= 4 is 22.3 Å². The Labute approximate surface area is 172 Å². The minimum Gasteiger partial charge on any atom is -0.496 e. The highest BCUT2D eigenvalue weighted by Crippen LogP contribution is 2.28. The third-order valence-electron chi connectivity index (χ3n) is 5.03. The first kappa shape index (κ1) is 19.5. The molecule has 1 amide bonds. The lowest BCUT2D eigenvalue weighted by Crippen LogP contribution is -2.34. The number of fused-ring (bicyclic) bond motifs is 3. The number of benzene rings is 2. The minimum atomic E-state index is -0.341. The molecular weight excluding hydrogens is 384 g/mol. The van der Waals surface area contributed by atoms with Crippen molar-refractivity contribution in [3.8, 4) is 11.5 Å². The molecule has 1 N–H and O–H groups in total. The van der Waals surface area contributed by atoms with Crippen LogP contribution in [0, 0.1) is 6.92 Å². The van der Waals surface area contributed by atoms with Crippen LogP contribution in [0.2, 0.25) is 0 Å². The Kier molecular flexibility index (Phi) is 5.14. The van der Waals surface area contributed by atoms with Crippen molar-refractivity contribution in [2.75, 3.05) is 14.2 Å². The van der Waals surface area contributed by atoms with Gasteiger partial charge in [-0.3, -0.25) is 14.0 Å². The van der Waals surface area contributed by atoms with Crippen molar-refractivity contribution < 1.29 is 14.3 Å². The number of hydrogen-bond donors (Lipinski definition) is 1. The van der Waals surface area contributed by atoms with Crippen LogP contribution in [0.3, 0.4) is 0 Å². The average molecular weight is 406 g/mol. The Balaban J connectivity index is 1.63. The third kappa shape index (κ3) is 3.36. The summed E-state index contributed by atoms with van der Waals surface area (Å²) < 4.78 is 13.7. The van der Waals surface area contributed by atoms with E-state index in [1.54, 1.807) is 31.6 Å². The van der Waals surface area contributed by atoms with Crippen molar-refractivity contribution in [2.24, 2.45) is 0 Å². The minimum absolute atomic E-state index is 0.177. The van der Waals surface area contributed by atoms with E-state index < -0.39 is 0 Å². The number of ether oxygens (including phenoxy) is 2. The molecule has 0 aliphatic carbocycles. The molecule has 8 nitrogen and oxygen atoms in total. The van der Waals surface area contributed by atoms with E-state index in [0.29, 0.717) is 29.4 Å². The van der Waals surface area contributed by atoms with Crippen molar-refractivity contribution in [2.45, 2.75) is 20.0 Å². The monoisotopic (exact) mass is 406 g/mol. The highest BCUT2D eigenvalue weighted by molar-refractivity contribution is 5.92. The van der Waals surface area contributed by atoms with Crippen molar-refractivity contribution in [1.82, 2.24) is 19.5 Å². The molecule has 30 heavy (non-hydrogen) atoms. The van der Waals surface area contributed by atoms with Gasteiger partial charge in [-0.1, -0.05) is 24.3 Å². The molecule has 0 unspecified atom stereocenters. The van der Waals surface area contributed by atoms with Crippen molar-refractivity contribution in [3.63, 3.8) is 0 Å². The second kappa shape index (κ2) is 7.90. The van der Waals surface area contributed by atoms with Gasteiger partial charge in [-0.25, -0.2) is 4.68 Å². The van der Waals surface area contributed by atoms with Gasteiger partial charge in [-0.2, -0.15) is 5.10 Å². The summed E-state index contributed by atoms with van der Waals surface area (Å²) in [7, 11) is 3.17. The molecule has 8 heteroatoms. The van der Waals surface area contributed by atoms with Crippen LogP contribution in [-0.2, 0) is 17.9 Å². The van der Waals surface area contributed by atoms with Gasteiger partial charge in [0.05, 0.1) is 19.7 Å². The molecule has 2 heterocycles. The van der Waals surface area contributed by atoms with E-state index in [9.17, 15) is 9.59 Å². The number of nitrogens with zero attached hydrogens (tertiary/aromatic N) is 3. The Morgan fingerprint density at radius 1 is 1.03 bits per heavy atom. The first-order valence-corrected chi connectivity index (χ1v) is 9.48. The number of hydrogen-bond acceptors (Lipinski definition) is 5. The van der Waals surface area contributed by atoms with Gasteiger partial charge in [0.25, 0.3) is 5.56 Å². The van der Waals surface area contributed by atoms with E-state index in [0.717, 1.165) is 16.5 Å². The Morgan fingerprint density at radius 3 is 2.53 bits per heavy atom. The molecule has 4 aromatic rings. The third-order valence-corrected chi connectivity index (χ3v) is 5.03. The standard InChI is InChI=1S/C22H22N4O4/c1-14-24-25(13-21(27)23-12-15-7-4-5-9-19(15)29-2)22(28)18-11-16-17(26(14)18)8-6-10-20(16)30-3/h4-11H,12-13H2,1-3H3,(H,23,27). The molecule has 0 spiro atoms.